The third kappa shape index (κ3) is 8.41. The zero-order valence-electron chi connectivity index (χ0n) is 23.4. The number of hydrogen-bond donors (Lipinski definition) is 2. The van der Waals surface area contributed by atoms with Gasteiger partial charge in [0.25, 0.3) is 10.1 Å². The lowest BCUT2D eigenvalue weighted by molar-refractivity contribution is -0.150. The lowest BCUT2D eigenvalue weighted by atomic mass is 10.0. The smallest absolute Gasteiger partial charge is 0.408 e. The van der Waals surface area contributed by atoms with Crippen LogP contribution in [0.15, 0.2) is 12.2 Å². The van der Waals surface area contributed by atoms with Crippen molar-refractivity contribution in [2.75, 3.05) is 19.4 Å². The minimum absolute atomic E-state index is 0.0940. The molecule has 3 rings (SSSR count). The molecule has 3 aliphatic rings. The van der Waals surface area contributed by atoms with Crippen LogP contribution in [0.4, 0.5) is 4.79 Å². The van der Waals surface area contributed by atoms with Gasteiger partial charge in [-0.15, -0.1) is 0 Å². The highest BCUT2D eigenvalue weighted by Gasteiger charge is 2.62. The number of allylic oxidation sites excluding steroid dienone is 1. The molecule has 12 nitrogen and oxygen atoms in total. The van der Waals surface area contributed by atoms with E-state index in [1.807, 2.05) is 12.2 Å². The van der Waals surface area contributed by atoms with E-state index in [-0.39, 0.29) is 25.5 Å². The average molecular weight is 572 g/mol. The molecular weight excluding hydrogens is 530 g/mol. The topological polar surface area (TPSA) is 157 Å². The molecule has 2 aliphatic heterocycles. The molecular formula is C26H41N3O9S. The van der Waals surface area contributed by atoms with Crippen molar-refractivity contribution in [1.29, 1.82) is 0 Å². The molecule has 1 saturated heterocycles. The van der Waals surface area contributed by atoms with Gasteiger partial charge in [-0.1, -0.05) is 25.0 Å². The molecule has 0 spiro atoms. The summed E-state index contributed by atoms with van der Waals surface area (Å²) in [6.45, 7) is 6.76. The van der Waals surface area contributed by atoms with Gasteiger partial charge in [-0.25, -0.2) is 9.59 Å². The lowest BCUT2D eigenvalue weighted by Gasteiger charge is -2.30. The average Bonchev–Trinajstić information content (AvgIpc) is 3.33. The summed E-state index contributed by atoms with van der Waals surface area (Å²) in [5.74, 6) is -1.97. The van der Waals surface area contributed by atoms with Crippen molar-refractivity contribution < 1.29 is 41.3 Å². The van der Waals surface area contributed by atoms with Crippen LogP contribution in [0.5, 0.6) is 0 Å². The highest BCUT2D eigenvalue weighted by Crippen LogP contribution is 2.46. The number of rotatable bonds is 5. The number of amides is 3. The van der Waals surface area contributed by atoms with Crippen molar-refractivity contribution in [2.45, 2.75) is 102 Å². The second-order valence-electron chi connectivity index (χ2n) is 11.4. The molecule has 0 aromatic heterocycles. The first-order valence-corrected chi connectivity index (χ1v) is 15.3. The maximum absolute atomic E-state index is 13.8. The summed E-state index contributed by atoms with van der Waals surface area (Å²) in [6.07, 6.45) is 6.66. The predicted octanol–water partition coefficient (Wildman–Crippen LogP) is 1.78. The predicted molar refractivity (Wildman–Crippen MR) is 141 cm³/mol. The van der Waals surface area contributed by atoms with Crippen molar-refractivity contribution in [1.82, 2.24) is 15.5 Å². The number of nitrogens with one attached hydrogen (secondary N) is 2. The molecule has 220 valence electrons. The summed E-state index contributed by atoms with van der Waals surface area (Å²) in [7, 11) is -3.87. The molecule has 0 aromatic carbocycles. The fraction of sp³-hybridized carbons (Fsp3) is 0.769. The molecule has 1 saturated carbocycles. The molecule has 0 aromatic rings. The van der Waals surface area contributed by atoms with Crippen LogP contribution in [0.2, 0.25) is 0 Å². The van der Waals surface area contributed by atoms with Gasteiger partial charge < -0.3 is 25.0 Å². The third-order valence-electron chi connectivity index (χ3n) is 6.88. The van der Waals surface area contributed by atoms with Gasteiger partial charge in [-0.3, -0.25) is 13.8 Å². The summed E-state index contributed by atoms with van der Waals surface area (Å²) in [6, 6.07) is -2.12. The Morgan fingerprint density at radius 1 is 1.21 bits per heavy atom. The number of fused-ring (bicyclic) bond motifs is 2. The third-order valence-corrected chi connectivity index (χ3v) is 7.50. The molecule has 39 heavy (non-hydrogen) atoms. The largest absolute Gasteiger partial charge is 0.464 e. The van der Waals surface area contributed by atoms with Gasteiger partial charge in [0, 0.05) is 18.9 Å². The Labute approximate surface area is 230 Å². The summed E-state index contributed by atoms with van der Waals surface area (Å²) in [5.41, 5.74) is -2.03. The van der Waals surface area contributed by atoms with Crippen LogP contribution >= 0.6 is 0 Å². The molecule has 3 amide bonds. The molecule has 2 heterocycles. The standard InChI is InChI=1S/C26H41N3O9S/c1-6-36-23(32)26-15-17(26)12-10-8-7-9-11-13-19(27-24(33)37-25(2,3)4)22(31)29-16-18(38-39(5,34)35)14-20(29)21(30)28-26/h10,12,17-20H,6-9,11,13-16H2,1-5H3,(H,27,33)(H,28,30)/b12-10-/t17-,18+,19+,20?,26-/m1/s1. The monoisotopic (exact) mass is 571 g/mol. The van der Waals surface area contributed by atoms with Crippen LogP contribution in [0.1, 0.15) is 72.6 Å². The summed E-state index contributed by atoms with van der Waals surface area (Å²) in [4.78, 5) is 54.1. The second-order valence-corrected chi connectivity index (χ2v) is 13.0. The molecule has 2 N–H and O–H groups in total. The van der Waals surface area contributed by atoms with Crippen LogP contribution in [-0.2, 0) is 38.2 Å². The van der Waals surface area contributed by atoms with E-state index >= 15 is 0 Å². The Morgan fingerprint density at radius 2 is 1.92 bits per heavy atom. The Balaban J connectivity index is 1.92. The molecule has 0 radical (unpaired) electrons. The van der Waals surface area contributed by atoms with Crippen LogP contribution < -0.4 is 10.6 Å². The van der Waals surface area contributed by atoms with Crippen molar-refractivity contribution >= 4 is 34.0 Å². The zero-order valence-corrected chi connectivity index (χ0v) is 24.2. The quantitative estimate of drug-likeness (QED) is 0.285. The van der Waals surface area contributed by atoms with Crippen LogP contribution in [0, 0.1) is 5.92 Å². The normalized spacial score (nSPS) is 31.1. The van der Waals surface area contributed by atoms with E-state index in [0.717, 1.165) is 25.5 Å². The SMILES string of the molecule is CCOC(=O)[C@@]12C[C@H]1/C=C\CCCCC[C@H](NC(=O)OC(C)(C)C)C(=O)N1C[C@@H](OS(C)(=O)=O)CC1C(=O)N2. The Hall–Kier alpha value is -2.67. The van der Waals surface area contributed by atoms with Gasteiger partial charge >= 0.3 is 12.1 Å². The van der Waals surface area contributed by atoms with Crippen molar-refractivity contribution in [2.24, 2.45) is 5.92 Å². The van der Waals surface area contributed by atoms with Gasteiger partial charge in [0.15, 0.2) is 0 Å². The van der Waals surface area contributed by atoms with E-state index in [1.165, 1.54) is 4.90 Å². The minimum atomic E-state index is -3.87. The molecule has 2 fully saturated rings. The number of esters is 1. The van der Waals surface area contributed by atoms with Crippen molar-refractivity contribution in [3.05, 3.63) is 12.2 Å². The number of ether oxygens (including phenoxy) is 2. The first-order valence-electron chi connectivity index (χ1n) is 13.5. The van der Waals surface area contributed by atoms with E-state index in [4.69, 9.17) is 13.7 Å². The summed E-state index contributed by atoms with van der Waals surface area (Å²) >= 11 is 0. The second kappa shape index (κ2) is 12.2. The van der Waals surface area contributed by atoms with E-state index in [9.17, 15) is 27.6 Å². The number of carbonyl (C=O) groups excluding carboxylic acids is 4. The molecule has 0 bridgehead atoms. The number of hydrogen-bond acceptors (Lipinski definition) is 9. The van der Waals surface area contributed by atoms with Gasteiger partial charge in [0.1, 0.15) is 23.2 Å². The highest BCUT2D eigenvalue weighted by molar-refractivity contribution is 7.86. The van der Waals surface area contributed by atoms with E-state index in [1.54, 1.807) is 27.7 Å². The van der Waals surface area contributed by atoms with E-state index in [0.29, 0.717) is 19.3 Å². The first-order chi connectivity index (χ1) is 18.1. The Morgan fingerprint density at radius 3 is 2.56 bits per heavy atom. The van der Waals surface area contributed by atoms with Crippen molar-refractivity contribution in [3.63, 3.8) is 0 Å². The molecule has 1 unspecified atom stereocenters. The number of carbonyl (C=O) groups is 4. The van der Waals surface area contributed by atoms with Gasteiger partial charge in [-0.2, -0.15) is 8.42 Å². The highest BCUT2D eigenvalue weighted by atomic mass is 32.2. The van der Waals surface area contributed by atoms with Gasteiger partial charge in [-0.05, 0) is 53.4 Å². The van der Waals surface area contributed by atoms with Crippen LogP contribution in [-0.4, -0.2) is 85.9 Å². The molecule has 5 atom stereocenters. The lowest BCUT2D eigenvalue weighted by Crippen LogP contribution is -2.56. The number of nitrogens with zero attached hydrogens (tertiary/aromatic N) is 1. The molecule has 13 heteroatoms. The summed E-state index contributed by atoms with van der Waals surface area (Å²) < 4.78 is 39.4. The summed E-state index contributed by atoms with van der Waals surface area (Å²) in [5, 5.41) is 5.44. The number of alkyl carbamates (subject to hydrolysis) is 1. The first kappa shape index (κ1) is 30.9. The maximum Gasteiger partial charge on any atom is 0.408 e. The van der Waals surface area contributed by atoms with Gasteiger partial charge in [0.05, 0.1) is 19.0 Å². The Bertz CT molecular complexity index is 1080. The molecule has 1 aliphatic carbocycles. The Kier molecular flexibility index (Phi) is 9.69. The fourth-order valence-electron chi connectivity index (χ4n) is 5.07. The minimum Gasteiger partial charge on any atom is -0.464 e. The van der Waals surface area contributed by atoms with E-state index < -0.39 is 63.3 Å². The fourth-order valence-corrected chi connectivity index (χ4v) is 5.71. The van der Waals surface area contributed by atoms with Gasteiger partial charge in [0.2, 0.25) is 11.8 Å². The maximum atomic E-state index is 13.8. The van der Waals surface area contributed by atoms with E-state index in [2.05, 4.69) is 10.6 Å². The van der Waals surface area contributed by atoms with Crippen LogP contribution in [0.25, 0.3) is 0 Å². The van der Waals surface area contributed by atoms with Crippen LogP contribution in [0.3, 0.4) is 0 Å². The zero-order chi connectivity index (χ0) is 29.0. The van der Waals surface area contributed by atoms with Crippen molar-refractivity contribution in [3.8, 4) is 0 Å².